The van der Waals surface area contributed by atoms with Gasteiger partial charge in [0.25, 0.3) is 0 Å². The van der Waals surface area contributed by atoms with Crippen LogP contribution in [0.2, 0.25) is 0 Å². The molecule has 0 aliphatic rings. The first kappa shape index (κ1) is 11.6. The van der Waals surface area contributed by atoms with Crippen LogP contribution < -0.4 is 4.74 Å². The first-order chi connectivity index (χ1) is 8.36. The summed E-state index contributed by atoms with van der Waals surface area (Å²) in [7, 11) is 0. The van der Waals surface area contributed by atoms with E-state index < -0.39 is 0 Å². The lowest BCUT2D eigenvalue weighted by molar-refractivity contribution is -0.107. The Labute approximate surface area is 99.4 Å². The van der Waals surface area contributed by atoms with E-state index in [4.69, 9.17) is 4.74 Å². The Morgan fingerprint density at radius 3 is 3.12 bits per heavy atom. The molecular formula is C12H15N3O2. The zero-order valence-corrected chi connectivity index (χ0v) is 9.80. The molecule has 0 atom stereocenters. The van der Waals surface area contributed by atoms with Crippen molar-refractivity contribution in [1.82, 2.24) is 14.6 Å². The molecular weight excluding hydrogens is 218 g/mol. The molecule has 2 heterocycles. The van der Waals surface area contributed by atoms with Crippen molar-refractivity contribution < 1.29 is 9.53 Å². The Kier molecular flexibility index (Phi) is 3.69. The van der Waals surface area contributed by atoms with Crippen LogP contribution in [0.25, 0.3) is 5.52 Å². The third kappa shape index (κ3) is 2.43. The molecule has 0 aromatic carbocycles. The van der Waals surface area contributed by atoms with Crippen LogP contribution in [0.4, 0.5) is 0 Å². The second-order valence-electron chi connectivity index (χ2n) is 3.76. The molecule has 0 saturated carbocycles. The maximum absolute atomic E-state index is 10.5. The normalized spacial score (nSPS) is 10.6. The molecule has 17 heavy (non-hydrogen) atoms. The van der Waals surface area contributed by atoms with Gasteiger partial charge >= 0.3 is 0 Å². The Bertz CT molecular complexity index is 507. The van der Waals surface area contributed by atoms with Crippen LogP contribution in [0, 0.1) is 0 Å². The van der Waals surface area contributed by atoms with Gasteiger partial charge in [0.2, 0.25) is 5.88 Å². The molecule has 0 bridgehead atoms. The zero-order valence-electron chi connectivity index (χ0n) is 9.80. The Hall–Kier alpha value is -1.91. The fourth-order valence-corrected chi connectivity index (χ4v) is 1.63. The van der Waals surface area contributed by atoms with E-state index in [1.54, 1.807) is 4.52 Å². The molecule has 0 saturated heterocycles. The molecule has 0 unspecified atom stereocenters. The maximum Gasteiger partial charge on any atom is 0.241 e. The van der Waals surface area contributed by atoms with Gasteiger partial charge < -0.3 is 9.53 Å². The summed E-state index contributed by atoms with van der Waals surface area (Å²) in [5.41, 5.74) is 1.65. The summed E-state index contributed by atoms with van der Waals surface area (Å²) < 4.78 is 7.29. The maximum atomic E-state index is 10.5. The summed E-state index contributed by atoms with van der Waals surface area (Å²) in [4.78, 5) is 14.6. The largest absolute Gasteiger partial charge is 0.476 e. The molecule has 5 nitrogen and oxygen atoms in total. The minimum atomic E-state index is 0.347. The quantitative estimate of drug-likeness (QED) is 0.562. The van der Waals surface area contributed by atoms with Gasteiger partial charge in [-0.25, -0.2) is 4.52 Å². The third-order valence-electron chi connectivity index (χ3n) is 2.52. The van der Waals surface area contributed by atoms with E-state index in [9.17, 15) is 4.79 Å². The van der Waals surface area contributed by atoms with Crippen LogP contribution in [0.15, 0.2) is 18.5 Å². The van der Waals surface area contributed by atoms with Crippen LogP contribution in [-0.2, 0) is 11.2 Å². The SMILES string of the molecule is CCCCOc1ncnn2c(CC=O)ccc12. The molecule has 0 aliphatic heterocycles. The van der Waals surface area contributed by atoms with Crippen molar-refractivity contribution in [1.29, 1.82) is 0 Å². The van der Waals surface area contributed by atoms with Crippen molar-refractivity contribution >= 4 is 11.8 Å². The van der Waals surface area contributed by atoms with E-state index in [1.807, 2.05) is 12.1 Å². The highest BCUT2D eigenvalue weighted by atomic mass is 16.5. The van der Waals surface area contributed by atoms with E-state index in [0.29, 0.717) is 18.9 Å². The molecule has 2 aromatic rings. The molecule has 0 radical (unpaired) electrons. The molecule has 2 aromatic heterocycles. The Balaban J connectivity index is 2.27. The zero-order chi connectivity index (χ0) is 12.1. The number of aromatic nitrogens is 3. The topological polar surface area (TPSA) is 56.5 Å². The summed E-state index contributed by atoms with van der Waals surface area (Å²) in [6.07, 6.45) is 4.74. The van der Waals surface area contributed by atoms with Gasteiger partial charge in [-0.15, -0.1) is 0 Å². The van der Waals surface area contributed by atoms with Gasteiger partial charge in [0.1, 0.15) is 18.1 Å². The number of hydrogen-bond acceptors (Lipinski definition) is 4. The Morgan fingerprint density at radius 1 is 1.47 bits per heavy atom. The highest BCUT2D eigenvalue weighted by Crippen LogP contribution is 2.18. The number of nitrogens with zero attached hydrogens (tertiary/aromatic N) is 3. The van der Waals surface area contributed by atoms with E-state index in [-0.39, 0.29) is 0 Å². The number of ether oxygens (including phenoxy) is 1. The number of aldehydes is 1. The predicted molar refractivity (Wildman–Crippen MR) is 63.2 cm³/mol. The van der Waals surface area contributed by atoms with Crippen molar-refractivity contribution in [3.63, 3.8) is 0 Å². The second-order valence-corrected chi connectivity index (χ2v) is 3.76. The minimum absolute atomic E-state index is 0.347. The standard InChI is InChI=1S/C12H15N3O2/c1-2-3-8-17-12-11-5-4-10(6-7-16)15(11)14-9-13-12/h4-5,7,9H,2-3,6,8H2,1H3. The smallest absolute Gasteiger partial charge is 0.241 e. The van der Waals surface area contributed by atoms with Crippen molar-refractivity contribution in [3.8, 4) is 5.88 Å². The van der Waals surface area contributed by atoms with Crippen LogP contribution in [0.3, 0.4) is 0 Å². The molecule has 0 fully saturated rings. The molecule has 5 heteroatoms. The van der Waals surface area contributed by atoms with Gasteiger partial charge in [0, 0.05) is 6.42 Å². The number of hydrogen-bond donors (Lipinski definition) is 0. The Morgan fingerprint density at radius 2 is 2.35 bits per heavy atom. The van der Waals surface area contributed by atoms with Crippen molar-refractivity contribution in [2.24, 2.45) is 0 Å². The van der Waals surface area contributed by atoms with Gasteiger partial charge in [-0.2, -0.15) is 10.1 Å². The molecule has 2 rings (SSSR count). The average Bonchev–Trinajstić information content (AvgIpc) is 2.75. The third-order valence-corrected chi connectivity index (χ3v) is 2.52. The summed E-state index contributed by atoms with van der Waals surface area (Å²) in [5, 5.41) is 4.12. The number of unbranched alkanes of at least 4 members (excludes halogenated alkanes) is 1. The highest BCUT2D eigenvalue weighted by molar-refractivity contribution is 5.61. The first-order valence-corrected chi connectivity index (χ1v) is 5.75. The molecule has 0 N–H and O–H groups in total. The van der Waals surface area contributed by atoms with Crippen LogP contribution >= 0.6 is 0 Å². The minimum Gasteiger partial charge on any atom is -0.476 e. The summed E-state index contributed by atoms with van der Waals surface area (Å²) in [6, 6.07) is 3.74. The van der Waals surface area contributed by atoms with Crippen LogP contribution in [0.1, 0.15) is 25.5 Å². The van der Waals surface area contributed by atoms with Crippen molar-refractivity contribution in [2.45, 2.75) is 26.2 Å². The van der Waals surface area contributed by atoms with E-state index in [2.05, 4.69) is 17.0 Å². The van der Waals surface area contributed by atoms with E-state index >= 15 is 0 Å². The van der Waals surface area contributed by atoms with Gasteiger partial charge in [-0.1, -0.05) is 13.3 Å². The summed E-state index contributed by atoms with van der Waals surface area (Å²) >= 11 is 0. The average molecular weight is 233 g/mol. The fraction of sp³-hybridized carbons (Fsp3) is 0.417. The van der Waals surface area contributed by atoms with E-state index in [1.165, 1.54) is 6.33 Å². The van der Waals surface area contributed by atoms with Gasteiger partial charge in [0.15, 0.2) is 0 Å². The molecule has 0 aliphatic carbocycles. The number of carbonyl (C=O) groups excluding carboxylic acids is 1. The highest BCUT2D eigenvalue weighted by Gasteiger charge is 2.08. The van der Waals surface area contributed by atoms with Crippen molar-refractivity contribution in [2.75, 3.05) is 6.61 Å². The van der Waals surface area contributed by atoms with Crippen LogP contribution in [0.5, 0.6) is 5.88 Å². The summed E-state index contributed by atoms with van der Waals surface area (Å²) in [5.74, 6) is 0.575. The number of fused-ring (bicyclic) bond motifs is 1. The second kappa shape index (κ2) is 5.43. The first-order valence-electron chi connectivity index (χ1n) is 5.75. The predicted octanol–water partition coefficient (Wildman–Crippen LogP) is 1.65. The van der Waals surface area contributed by atoms with Gasteiger partial charge in [0.05, 0.1) is 12.3 Å². The van der Waals surface area contributed by atoms with E-state index in [0.717, 1.165) is 30.3 Å². The molecule has 0 spiro atoms. The summed E-state index contributed by atoms with van der Waals surface area (Å²) in [6.45, 7) is 2.76. The monoisotopic (exact) mass is 233 g/mol. The lowest BCUT2D eigenvalue weighted by atomic mass is 10.3. The lowest BCUT2D eigenvalue weighted by Crippen LogP contribution is -2.04. The molecule has 90 valence electrons. The van der Waals surface area contributed by atoms with Gasteiger partial charge in [-0.05, 0) is 18.6 Å². The fourth-order valence-electron chi connectivity index (χ4n) is 1.63. The number of rotatable bonds is 6. The van der Waals surface area contributed by atoms with Crippen molar-refractivity contribution in [3.05, 3.63) is 24.2 Å². The van der Waals surface area contributed by atoms with Crippen LogP contribution in [-0.4, -0.2) is 27.5 Å². The molecule has 0 amide bonds. The number of carbonyl (C=O) groups is 1. The lowest BCUT2D eigenvalue weighted by Gasteiger charge is -2.05. The van der Waals surface area contributed by atoms with Gasteiger partial charge in [-0.3, -0.25) is 0 Å².